The molecular weight excluding hydrogens is 242 g/mol. The number of ether oxygens (including phenoxy) is 1. The van der Waals surface area contributed by atoms with Crippen molar-refractivity contribution in [2.45, 2.75) is 58.3 Å². The van der Waals surface area contributed by atoms with E-state index in [-0.39, 0.29) is 23.2 Å². The van der Waals surface area contributed by atoms with Crippen molar-refractivity contribution in [3.8, 4) is 0 Å². The SMILES string of the molecule is CCCNC(CN1CC(C)(C)OC(C)(C)C1)C(N)=O. The van der Waals surface area contributed by atoms with Gasteiger partial charge in [0, 0.05) is 19.6 Å². The predicted octanol–water partition coefficient (Wildman–Crippen LogP) is 0.729. The Morgan fingerprint density at radius 1 is 1.32 bits per heavy atom. The van der Waals surface area contributed by atoms with Gasteiger partial charge in [-0.05, 0) is 40.7 Å². The lowest BCUT2D eigenvalue weighted by Crippen LogP contribution is -2.60. The minimum Gasteiger partial charge on any atom is -0.368 e. The second-order valence-corrected chi connectivity index (χ2v) is 6.70. The van der Waals surface area contributed by atoms with Gasteiger partial charge in [0.1, 0.15) is 0 Å². The molecule has 0 aromatic rings. The molecule has 3 N–H and O–H groups in total. The summed E-state index contributed by atoms with van der Waals surface area (Å²) < 4.78 is 6.04. The summed E-state index contributed by atoms with van der Waals surface area (Å²) in [7, 11) is 0. The van der Waals surface area contributed by atoms with Crippen molar-refractivity contribution in [3.63, 3.8) is 0 Å². The number of nitrogens with one attached hydrogen (secondary N) is 1. The monoisotopic (exact) mass is 271 g/mol. The zero-order valence-electron chi connectivity index (χ0n) is 13.0. The van der Waals surface area contributed by atoms with Crippen LogP contribution in [0.2, 0.25) is 0 Å². The maximum absolute atomic E-state index is 11.5. The molecule has 0 saturated carbocycles. The van der Waals surface area contributed by atoms with Crippen molar-refractivity contribution >= 4 is 5.91 Å². The fourth-order valence-corrected chi connectivity index (χ4v) is 2.91. The molecule has 1 aliphatic heterocycles. The first kappa shape index (κ1) is 16.4. The highest BCUT2D eigenvalue weighted by atomic mass is 16.5. The van der Waals surface area contributed by atoms with E-state index >= 15 is 0 Å². The molecule has 0 aliphatic carbocycles. The topological polar surface area (TPSA) is 67.6 Å². The first-order chi connectivity index (χ1) is 8.65. The molecule has 1 fully saturated rings. The van der Waals surface area contributed by atoms with Crippen molar-refractivity contribution in [1.82, 2.24) is 10.2 Å². The van der Waals surface area contributed by atoms with Crippen molar-refractivity contribution in [1.29, 1.82) is 0 Å². The third-order valence-corrected chi connectivity index (χ3v) is 3.19. The van der Waals surface area contributed by atoms with Crippen molar-refractivity contribution in [2.75, 3.05) is 26.2 Å². The van der Waals surface area contributed by atoms with Gasteiger partial charge in [-0.15, -0.1) is 0 Å². The molecule has 1 atom stereocenters. The average Bonchev–Trinajstić information content (AvgIpc) is 2.19. The lowest BCUT2D eigenvalue weighted by molar-refractivity contribution is -0.181. The van der Waals surface area contributed by atoms with Gasteiger partial charge in [0.05, 0.1) is 17.2 Å². The molecule has 5 nitrogen and oxygen atoms in total. The molecule has 112 valence electrons. The number of carbonyl (C=O) groups excluding carboxylic acids is 1. The quantitative estimate of drug-likeness (QED) is 0.747. The Morgan fingerprint density at radius 3 is 2.26 bits per heavy atom. The first-order valence-electron chi connectivity index (χ1n) is 7.10. The summed E-state index contributed by atoms with van der Waals surface area (Å²) in [6, 6.07) is -0.287. The molecule has 1 heterocycles. The fourth-order valence-electron chi connectivity index (χ4n) is 2.91. The minimum absolute atomic E-state index is 0.200. The molecule has 0 radical (unpaired) electrons. The Balaban J connectivity index is 2.65. The van der Waals surface area contributed by atoms with Crippen LogP contribution >= 0.6 is 0 Å². The number of rotatable bonds is 6. The lowest BCUT2D eigenvalue weighted by Gasteiger charge is -2.47. The van der Waals surface area contributed by atoms with Crippen LogP contribution in [0.5, 0.6) is 0 Å². The van der Waals surface area contributed by atoms with E-state index < -0.39 is 0 Å². The third kappa shape index (κ3) is 5.47. The Bertz CT molecular complexity index is 300. The summed E-state index contributed by atoms with van der Waals surface area (Å²) in [4.78, 5) is 13.8. The number of carbonyl (C=O) groups is 1. The highest BCUT2D eigenvalue weighted by molar-refractivity contribution is 5.80. The normalized spacial score (nSPS) is 24.1. The van der Waals surface area contributed by atoms with Gasteiger partial charge in [-0.2, -0.15) is 0 Å². The van der Waals surface area contributed by atoms with Gasteiger partial charge >= 0.3 is 0 Å². The van der Waals surface area contributed by atoms with Gasteiger partial charge in [-0.25, -0.2) is 0 Å². The lowest BCUT2D eigenvalue weighted by atomic mass is 9.98. The molecule has 5 heteroatoms. The Kier molecular flexibility index (Phi) is 5.35. The van der Waals surface area contributed by atoms with E-state index in [1.807, 2.05) is 0 Å². The van der Waals surface area contributed by atoms with Gasteiger partial charge in [0.15, 0.2) is 0 Å². The molecule has 0 bridgehead atoms. The van der Waals surface area contributed by atoms with E-state index in [0.29, 0.717) is 6.54 Å². The molecule has 0 spiro atoms. The van der Waals surface area contributed by atoms with Crippen LogP contribution in [-0.4, -0.2) is 54.2 Å². The van der Waals surface area contributed by atoms with Crippen molar-refractivity contribution in [3.05, 3.63) is 0 Å². The van der Waals surface area contributed by atoms with Gasteiger partial charge in [-0.1, -0.05) is 6.92 Å². The predicted molar refractivity (Wildman–Crippen MR) is 77.0 cm³/mol. The van der Waals surface area contributed by atoms with Crippen molar-refractivity contribution in [2.24, 2.45) is 5.73 Å². The largest absolute Gasteiger partial charge is 0.368 e. The van der Waals surface area contributed by atoms with E-state index in [1.54, 1.807) is 0 Å². The standard InChI is InChI=1S/C14H29N3O2/c1-6-7-16-11(12(15)18)8-17-9-13(2,3)19-14(4,5)10-17/h11,16H,6-10H2,1-5H3,(H2,15,18). The smallest absolute Gasteiger partial charge is 0.235 e. The van der Waals surface area contributed by atoms with Gasteiger partial charge in [-0.3, -0.25) is 9.69 Å². The molecule has 0 aromatic carbocycles. The highest BCUT2D eigenvalue weighted by Gasteiger charge is 2.38. The van der Waals surface area contributed by atoms with E-state index in [2.05, 4.69) is 44.8 Å². The van der Waals surface area contributed by atoms with Crippen LogP contribution in [0, 0.1) is 0 Å². The Labute approximate surface area is 116 Å². The summed E-state index contributed by atoms with van der Waals surface area (Å²) in [5.41, 5.74) is 5.07. The van der Waals surface area contributed by atoms with E-state index in [9.17, 15) is 4.79 Å². The number of hydrogen-bond acceptors (Lipinski definition) is 4. The van der Waals surface area contributed by atoms with Crippen LogP contribution in [-0.2, 0) is 9.53 Å². The van der Waals surface area contributed by atoms with Crippen LogP contribution < -0.4 is 11.1 Å². The summed E-state index contributed by atoms with van der Waals surface area (Å²) in [5, 5.41) is 3.21. The first-order valence-corrected chi connectivity index (χ1v) is 7.10. The molecular formula is C14H29N3O2. The molecule has 1 aliphatic rings. The maximum Gasteiger partial charge on any atom is 0.235 e. The second-order valence-electron chi connectivity index (χ2n) is 6.70. The number of hydrogen-bond donors (Lipinski definition) is 2. The molecule has 1 saturated heterocycles. The van der Waals surface area contributed by atoms with E-state index in [0.717, 1.165) is 26.1 Å². The Morgan fingerprint density at radius 2 is 1.84 bits per heavy atom. The van der Waals surface area contributed by atoms with E-state index in [1.165, 1.54) is 0 Å². The molecule has 1 rings (SSSR count). The number of nitrogens with two attached hydrogens (primary N) is 1. The molecule has 1 unspecified atom stereocenters. The third-order valence-electron chi connectivity index (χ3n) is 3.19. The second kappa shape index (κ2) is 6.20. The molecule has 1 amide bonds. The molecule has 19 heavy (non-hydrogen) atoms. The number of nitrogens with zero attached hydrogens (tertiary/aromatic N) is 1. The van der Waals surface area contributed by atoms with Crippen molar-refractivity contribution < 1.29 is 9.53 Å². The number of amides is 1. The average molecular weight is 271 g/mol. The summed E-state index contributed by atoms with van der Waals surface area (Å²) in [5.74, 6) is -0.282. The van der Waals surface area contributed by atoms with Crippen LogP contribution in [0.3, 0.4) is 0 Å². The van der Waals surface area contributed by atoms with Gasteiger partial charge in [0.25, 0.3) is 0 Å². The highest BCUT2D eigenvalue weighted by Crippen LogP contribution is 2.27. The van der Waals surface area contributed by atoms with Crippen LogP contribution in [0.25, 0.3) is 0 Å². The van der Waals surface area contributed by atoms with Gasteiger partial charge in [0.2, 0.25) is 5.91 Å². The zero-order chi connectivity index (χ0) is 14.7. The van der Waals surface area contributed by atoms with E-state index in [4.69, 9.17) is 10.5 Å². The van der Waals surface area contributed by atoms with Crippen LogP contribution in [0.1, 0.15) is 41.0 Å². The number of morpholine rings is 1. The molecule has 0 aromatic heterocycles. The fraction of sp³-hybridized carbons (Fsp3) is 0.929. The summed E-state index contributed by atoms with van der Waals surface area (Å²) in [6.45, 7) is 13.5. The summed E-state index contributed by atoms with van der Waals surface area (Å²) >= 11 is 0. The van der Waals surface area contributed by atoms with Crippen LogP contribution in [0.15, 0.2) is 0 Å². The Hall–Kier alpha value is -0.650. The van der Waals surface area contributed by atoms with Crippen LogP contribution in [0.4, 0.5) is 0 Å². The minimum atomic E-state index is -0.287. The van der Waals surface area contributed by atoms with Gasteiger partial charge < -0.3 is 15.8 Å². The number of primary amides is 1. The maximum atomic E-state index is 11.5. The zero-order valence-corrected chi connectivity index (χ0v) is 13.0. The summed E-state index contributed by atoms with van der Waals surface area (Å²) in [6.07, 6.45) is 0.990.